The molecule has 138 valence electrons. The summed E-state index contributed by atoms with van der Waals surface area (Å²) in [5.74, 6) is 2.20. The van der Waals surface area contributed by atoms with Crippen LogP contribution >= 0.6 is 6.26 Å². The number of rotatable bonds is 11. The van der Waals surface area contributed by atoms with Crippen molar-refractivity contribution in [3.05, 3.63) is 84.7 Å². The second kappa shape index (κ2) is 11.3. The van der Waals surface area contributed by atoms with Crippen LogP contribution < -0.4 is 5.30 Å². The summed E-state index contributed by atoms with van der Waals surface area (Å²) in [5.41, 5.74) is 2.38. The quantitative estimate of drug-likeness (QED) is 0.236. The summed E-state index contributed by atoms with van der Waals surface area (Å²) in [5, 5.41) is 1.11. The summed E-state index contributed by atoms with van der Waals surface area (Å²) in [6.07, 6.45) is 5.21. The van der Waals surface area contributed by atoms with Crippen LogP contribution in [0.1, 0.15) is 44.6 Å². The van der Waals surface area contributed by atoms with E-state index in [9.17, 15) is 0 Å². The molecule has 0 radical (unpaired) electrons. The lowest BCUT2D eigenvalue weighted by atomic mass is 10.1. The van der Waals surface area contributed by atoms with Crippen molar-refractivity contribution in [2.75, 3.05) is 6.61 Å². The molecule has 0 amide bonds. The van der Waals surface area contributed by atoms with Crippen LogP contribution in [0.3, 0.4) is 0 Å². The SMILES string of the molecule is C=CC/C(=C/P(=S)(OCCCCCC)c1ccccc1)c1ccccc1. The van der Waals surface area contributed by atoms with E-state index in [2.05, 4.69) is 55.7 Å². The fourth-order valence-electron chi connectivity index (χ4n) is 2.81. The van der Waals surface area contributed by atoms with Crippen molar-refractivity contribution >= 4 is 28.9 Å². The largest absolute Gasteiger partial charge is 0.343 e. The van der Waals surface area contributed by atoms with Gasteiger partial charge in [0.25, 0.3) is 0 Å². The minimum Gasteiger partial charge on any atom is -0.343 e. The molecular formula is C23H29OPS. The molecule has 1 nitrogen and oxygen atoms in total. The van der Waals surface area contributed by atoms with Gasteiger partial charge in [0.05, 0.1) is 6.61 Å². The summed E-state index contributed by atoms with van der Waals surface area (Å²) in [4.78, 5) is 0. The van der Waals surface area contributed by atoms with Crippen LogP contribution in [0, 0.1) is 0 Å². The van der Waals surface area contributed by atoms with Crippen LogP contribution in [-0.2, 0) is 16.3 Å². The number of hydrogen-bond acceptors (Lipinski definition) is 2. The van der Waals surface area contributed by atoms with E-state index in [1.807, 2.05) is 30.3 Å². The van der Waals surface area contributed by atoms with Crippen molar-refractivity contribution in [2.24, 2.45) is 0 Å². The molecule has 0 aromatic heterocycles. The Bertz CT molecular complexity index is 737. The zero-order valence-electron chi connectivity index (χ0n) is 15.6. The molecule has 26 heavy (non-hydrogen) atoms. The summed E-state index contributed by atoms with van der Waals surface area (Å²) in [6, 6.07) is 20.7. The van der Waals surface area contributed by atoms with Crippen molar-refractivity contribution in [1.29, 1.82) is 0 Å². The first-order valence-corrected chi connectivity index (χ1v) is 12.2. The van der Waals surface area contributed by atoms with Gasteiger partial charge in [-0.1, -0.05) is 105 Å². The van der Waals surface area contributed by atoms with E-state index in [0.717, 1.165) is 24.8 Å². The van der Waals surface area contributed by atoms with Gasteiger partial charge < -0.3 is 4.52 Å². The van der Waals surface area contributed by atoms with Crippen molar-refractivity contribution in [3.8, 4) is 0 Å². The Balaban J connectivity index is 2.32. The van der Waals surface area contributed by atoms with Gasteiger partial charge >= 0.3 is 0 Å². The fraction of sp³-hybridized carbons (Fsp3) is 0.304. The molecule has 0 saturated heterocycles. The number of hydrogen-bond donors (Lipinski definition) is 0. The highest BCUT2D eigenvalue weighted by Crippen LogP contribution is 2.50. The van der Waals surface area contributed by atoms with Gasteiger partial charge in [0, 0.05) is 5.30 Å². The van der Waals surface area contributed by atoms with Crippen molar-refractivity contribution in [2.45, 2.75) is 39.0 Å². The first-order chi connectivity index (χ1) is 12.7. The van der Waals surface area contributed by atoms with E-state index in [1.165, 1.54) is 30.4 Å². The smallest absolute Gasteiger partial charge is 0.116 e. The maximum absolute atomic E-state index is 6.38. The summed E-state index contributed by atoms with van der Waals surface area (Å²) in [7, 11) is 0. The molecule has 0 fully saturated rings. The Morgan fingerprint density at radius 2 is 1.65 bits per heavy atom. The highest BCUT2D eigenvalue weighted by atomic mass is 32.4. The van der Waals surface area contributed by atoms with Gasteiger partial charge in [0.2, 0.25) is 0 Å². The molecule has 3 heteroatoms. The lowest BCUT2D eigenvalue weighted by molar-refractivity contribution is 0.343. The minimum atomic E-state index is -2.25. The molecule has 0 heterocycles. The van der Waals surface area contributed by atoms with Gasteiger partial charge in [-0.15, -0.1) is 6.58 Å². The zero-order valence-corrected chi connectivity index (χ0v) is 17.4. The molecule has 2 rings (SSSR count). The predicted molar refractivity (Wildman–Crippen MR) is 120 cm³/mol. The van der Waals surface area contributed by atoms with Crippen LogP contribution in [0.25, 0.3) is 5.57 Å². The van der Waals surface area contributed by atoms with E-state index < -0.39 is 6.26 Å². The van der Waals surface area contributed by atoms with Gasteiger partial charge in [0.15, 0.2) is 0 Å². The molecule has 0 aliphatic rings. The average Bonchev–Trinajstić information content (AvgIpc) is 2.69. The third kappa shape index (κ3) is 6.36. The van der Waals surface area contributed by atoms with Gasteiger partial charge in [-0.2, -0.15) is 0 Å². The van der Waals surface area contributed by atoms with Crippen LogP contribution in [0.5, 0.6) is 0 Å². The zero-order chi connectivity index (χ0) is 18.7. The molecule has 0 N–H and O–H groups in total. The monoisotopic (exact) mass is 384 g/mol. The standard InChI is InChI=1S/C23H29OPS/c1-3-5-6-13-19-24-25(26,23-17-11-8-12-18-23)20-22(14-4-2)21-15-9-7-10-16-21/h4,7-12,15-18,20H,2-3,5-6,13-14,19H2,1H3/b22-20-. The van der Waals surface area contributed by atoms with Crippen LogP contribution in [0.4, 0.5) is 0 Å². The number of benzene rings is 2. The van der Waals surface area contributed by atoms with Crippen molar-refractivity contribution in [3.63, 3.8) is 0 Å². The fourth-order valence-corrected chi connectivity index (χ4v) is 5.81. The first kappa shape index (κ1) is 20.8. The molecule has 0 spiro atoms. The maximum Gasteiger partial charge on any atom is 0.116 e. The Morgan fingerprint density at radius 3 is 2.27 bits per heavy atom. The average molecular weight is 385 g/mol. The van der Waals surface area contributed by atoms with E-state index in [-0.39, 0.29) is 0 Å². The highest BCUT2D eigenvalue weighted by molar-refractivity contribution is 8.17. The lowest BCUT2D eigenvalue weighted by Gasteiger charge is -2.21. The Kier molecular flexibility index (Phi) is 9.05. The summed E-state index contributed by atoms with van der Waals surface area (Å²) >= 11 is 6.11. The lowest BCUT2D eigenvalue weighted by Crippen LogP contribution is -2.06. The Labute approximate surface area is 163 Å². The van der Waals surface area contributed by atoms with Crippen LogP contribution in [0.2, 0.25) is 0 Å². The molecule has 2 aromatic rings. The number of allylic oxidation sites excluding steroid dienone is 2. The molecule has 1 atom stereocenters. The van der Waals surface area contributed by atoms with E-state index in [4.69, 9.17) is 16.3 Å². The molecule has 0 saturated carbocycles. The second-order valence-corrected chi connectivity index (χ2v) is 10.2. The molecule has 1 unspecified atom stereocenters. The molecule has 0 bridgehead atoms. The third-order valence-electron chi connectivity index (χ3n) is 4.23. The normalized spacial score (nSPS) is 14.0. The van der Waals surface area contributed by atoms with E-state index in [1.54, 1.807) is 0 Å². The third-order valence-corrected chi connectivity index (χ3v) is 7.73. The Morgan fingerprint density at radius 1 is 1.00 bits per heavy atom. The van der Waals surface area contributed by atoms with E-state index in [0.29, 0.717) is 0 Å². The van der Waals surface area contributed by atoms with E-state index >= 15 is 0 Å². The van der Waals surface area contributed by atoms with Gasteiger partial charge in [0.1, 0.15) is 6.26 Å². The van der Waals surface area contributed by atoms with Crippen LogP contribution in [0.15, 0.2) is 79.1 Å². The van der Waals surface area contributed by atoms with Gasteiger partial charge in [-0.25, -0.2) is 0 Å². The molecular weight excluding hydrogens is 355 g/mol. The molecule has 0 aliphatic carbocycles. The first-order valence-electron chi connectivity index (χ1n) is 9.37. The second-order valence-electron chi connectivity index (χ2n) is 6.34. The number of unbranched alkanes of at least 4 members (excludes halogenated alkanes) is 3. The highest BCUT2D eigenvalue weighted by Gasteiger charge is 2.19. The summed E-state index contributed by atoms with van der Waals surface area (Å²) < 4.78 is 6.38. The summed E-state index contributed by atoms with van der Waals surface area (Å²) in [6.45, 7) is 6.86. The Hall–Kier alpha value is -1.47. The minimum absolute atomic E-state index is 0.721. The maximum atomic E-state index is 6.38. The predicted octanol–water partition coefficient (Wildman–Crippen LogP) is 6.92. The molecule has 2 aromatic carbocycles. The van der Waals surface area contributed by atoms with Crippen molar-refractivity contribution < 1.29 is 4.52 Å². The van der Waals surface area contributed by atoms with Crippen molar-refractivity contribution in [1.82, 2.24) is 0 Å². The molecule has 0 aliphatic heterocycles. The van der Waals surface area contributed by atoms with Gasteiger partial charge in [-0.05, 0) is 29.8 Å². The topological polar surface area (TPSA) is 9.23 Å². The van der Waals surface area contributed by atoms with Crippen LogP contribution in [-0.4, -0.2) is 6.61 Å². The van der Waals surface area contributed by atoms with Gasteiger partial charge in [-0.3, -0.25) is 0 Å².